The summed E-state index contributed by atoms with van der Waals surface area (Å²) < 4.78 is 10.6. The molecule has 174 valence electrons. The number of hydrogen-bond acceptors (Lipinski definition) is 6. The molecule has 0 fully saturated rings. The summed E-state index contributed by atoms with van der Waals surface area (Å²) in [5.41, 5.74) is 0.348. The van der Waals surface area contributed by atoms with Gasteiger partial charge >= 0.3 is 12.1 Å². The second-order valence-electron chi connectivity index (χ2n) is 9.13. The van der Waals surface area contributed by atoms with Crippen molar-refractivity contribution < 1.29 is 29.0 Å². The van der Waals surface area contributed by atoms with Crippen molar-refractivity contribution in [3.05, 3.63) is 27.7 Å². The van der Waals surface area contributed by atoms with Crippen molar-refractivity contribution in [2.24, 2.45) is 0 Å². The summed E-state index contributed by atoms with van der Waals surface area (Å²) in [4.78, 5) is 36.4. The molecule has 0 heterocycles. The van der Waals surface area contributed by atoms with E-state index in [0.717, 1.165) is 5.56 Å². The third-order valence-electron chi connectivity index (χ3n) is 4.14. The maximum absolute atomic E-state index is 12.5. The van der Waals surface area contributed by atoms with Crippen LogP contribution in [0.1, 0.15) is 72.1 Å². The molecular formula is C22H33BrN2O6. The van der Waals surface area contributed by atoms with Crippen LogP contribution in [0.15, 0.2) is 16.6 Å². The smallest absolute Gasteiger partial charge is 0.408 e. The fourth-order valence-electron chi connectivity index (χ4n) is 2.66. The lowest BCUT2D eigenvalue weighted by Crippen LogP contribution is -2.41. The number of halogens is 1. The van der Waals surface area contributed by atoms with Gasteiger partial charge in [-0.05, 0) is 66.7 Å². The molecule has 31 heavy (non-hydrogen) atoms. The van der Waals surface area contributed by atoms with E-state index in [0.29, 0.717) is 10.0 Å². The second kappa shape index (κ2) is 10.8. The van der Waals surface area contributed by atoms with Gasteiger partial charge in [-0.3, -0.25) is 9.59 Å². The molecular weight excluding hydrogens is 468 g/mol. The van der Waals surface area contributed by atoms with Crippen LogP contribution in [0, 0.1) is 0 Å². The van der Waals surface area contributed by atoms with Crippen LogP contribution in [0.2, 0.25) is 0 Å². The van der Waals surface area contributed by atoms with Crippen LogP contribution < -0.4 is 10.6 Å². The van der Waals surface area contributed by atoms with Gasteiger partial charge in [-0.15, -0.1) is 0 Å². The lowest BCUT2D eigenvalue weighted by molar-refractivity contribution is -0.143. The summed E-state index contributed by atoms with van der Waals surface area (Å²) in [7, 11) is 0. The summed E-state index contributed by atoms with van der Waals surface area (Å²) in [6.07, 6.45) is -0.912. The van der Waals surface area contributed by atoms with Gasteiger partial charge in [0.25, 0.3) is 0 Å². The number of phenols is 1. The number of carbonyl (C=O) groups excluding carboxylic acids is 3. The van der Waals surface area contributed by atoms with Gasteiger partial charge in [0.05, 0.1) is 23.5 Å². The number of carbonyl (C=O) groups is 3. The van der Waals surface area contributed by atoms with E-state index in [1.165, 1.54) is 0 Å². The van der Waals surface area contributed by atoms with Crippen molar-refractivity contribution in [2.45, 2.75) is 71.9 Å². The van der Waals surface area contributed by atoms with E-state index in [1.54, 1.807) is 39.8 Å². The van der Waals surface area contributed by atoms with Gasteiger partial charge in [0.1, 0.15) is 17.9 Å². The molecule has 1 aromatic rings. The maximum Gasteiger partial charge on any atom is 0.408 e. The Kier molecular flexibility index (Phi) is 9.35. The number of hydrogen-bond donors (Lipinski definition) is 3. The molecule has 0 saturated carbocycles. The predicted octanol–water partition coefficient (Wildman–Crippen LogP) is 4.09. The van der Waals surface area contributed by atoms with Crippen LogP contribution in [-0.4, -0.2) is 41.8 Å². The SMILES string of the molecule is CCOC(=O)CC(NC(=O)CNC(=O)OC(C)(C)C)c1cc(C(C)(C)C)cc(Br)c1O. The summed E-state index contributed by atoms with van der Waals surface area (Å²) in [5.74, 6) is -1.15. The highest BCUT2D eigenvalue weighted by atomic mass is 79.9. The summed E-state index contributed by atoms with van der Waals surface area (Å²) in [6, 6.07) is 2.70. The Morgan fingerprint density at radius 3 is 2.26 bits per heavy atom. The molecule has 0 bridgehead atoms. The standard InChI is InChI=1S/C22H33BrN2O6/c1-8-30-18(27)11-16(25-17(26)12-24-20(29)31-22(5,6)7)14-9-13(21(2,3)4)10-15(23)19(14)28/h9-10,16,28H,8,11-12H2,1-7H3,(H,24,29)(H,25,26). The minimum absolute atomic E-state index is 0.0808. The molecule has 0 aromatic heterocycles. The van der Waals surface area contributed by atoms with Crippen LogP contribution in [0.5, 0.6) is 5.75 Å². The van der Waals surface area contributed by atoms with Crippen LogP contribution in [0.25, 0.3) is 0 Å². The molecule has 0 aliphatic heterocycles. The monoisotopic (exact) mass is 500 g/mol. The van der Waals surface area contributed by atoms with Crippen LogP contribution in [-0.2, 0) is 24.5 Å². The van der Waals surface area contributed by atoms with Crippen LogP contribution in [0.4, 0.5) is 4.79 Å². The van der Waals surface area contributed by atoms with Crippen molar-refractivity contribution in [3.8, 4) is 5.75 Å². The van der Waals surface area contributed by atoms with Crippen molar-refractivity contribution in [2.75, 3.05) is 13.2 Å². The fourth-order valence-corrected chi connectivity index (χ4v) is 3.13. The van der Waals surface area contributed by atoms with E-state index in [9.17, 15) is 19.5 Å². The molecule has 8 nitrogen and oxygen atoms in total. The molecule has 1 unspecified atom stereocenters. The average Bonchev–Trinajstić information content (AvgIpc) is 2.59. The molecule has 1 atom stereocenters. The van der Waals surface area contributed by atoms with Crippen molar-refractivity contribution in [1.82, 2.24) is 10.6 Å². The highest BCUT2D eigenvalue weighted by Gasteiger charge is 2.26. The molecule has 9 heteroatoms. The van der Waals surface area contributed by atoms with Gasteiger partial charge in [0, 0.05) is 5.56 Å². The van der Waals surface area contributed by atoms with Gasteiger partial charge in [0.2, 0.25) is 5.91 Å². The molecule has 0 aliphatic rings. The second-order valence-corrected chi connectivity index (χ2v) is 9.98. The Hall–Kier alpha value is -2.29. The Labute approximate surface area is 192 Å². The number of esters is 1. The van der Waals surface area contributed by atoms with E-state index < -0.39 is 29.6 Å². The van der Waals surface area contributed by atoms with E-state index in [-0.39, 0.29) is 30.7 Å². The molecule has 0 radical (unpaired) electrons. The summed E-state index contributed by atoms with van der Waals surface area (Å²) in [5, 5.41) is 15.7. The van der Waals surface area contributed by atoms with E-state index in [4.69, 9.17) is 9.47 Å². The van der Waals surface area contributed by atoms with Crippen LogP contribution >= 0.6 is 15.9 Å². The Morgan fingerprint density at radius 1 is 1.13 bits per heavy atom. The fraction of sp³-hybridized carbons (Fsp3) is 0.591. The lowest BCUT2D eigenvalue weighted by atomic mass is 9.85. The number of nitrogens with one attached hydrogen (secondary N) is 2. The van der Waals surface area contributed by atoms with Crippen molar-refractivity contribution in [3.63, 3.8) is 0 Å². The van der Waals surface area contributed by atoms with Gasteiger partial charge < -0.3 is 25.2 Å². The topological polar surface area (TPSA) is 114 Å². The third kappa shape index (κ3) is 9.16. The van der Waals surface area contributed by atoms with Gasteiger partial charge in [-0.2, -0.15) is 0 Å². The van der Waals surface area contributed by atoms with Crippen molar-refractivity contribution >= 4 is 33.9 Å². The zero-order valence-corrected chi connectivity index (χ0v) is 20.8. The van der Waals surface area contributed by atoms with E-state index in [1.807, 2.05) is 20.8 Å². The zero-order chi connectivity index (χ0) is 24.0. The first-order valence-corrected chi connectivity index (χ1v) is 10.9. The van der Waals surface area contributed by atoms with Gasteiger partial charge in [0.15, 0.2) is 0 Å². The molecule has 1 rings (SSSR count). The largest absolute Gasteiger partial charge is 0.506 e. The first kappa shape index (κ1) is 26.7. The molecule has 3 N–H and O–H groups in total. The minimum atomic E-state index is -0.856. The number of phenolic OH excluding ortho intramolecular Hbond substituents is 1. The number of rotatable bonds is 7. The first-order chi connectivity index (χ1) is 14.1. The number of benzene rings is 1. The first-order valence-electron chi connectivity index (χ1n) is 10.1. The number of alkyl carbamates (subject to hydrolysis) is 1. The number of ether oxygens (including phenoxy) is 2. The van der Waals surface area contributed by atoms with Crippen LogP contribution in [0.3, 0.4) is 0 Å². The average molecular weight is 501 g/mol. The Bertz CT molecular complexity index is 811. The Morgan fingerprint density at radius 2 is 1.74 bits per heavy atom. The van der Waals surface area contributed by atoms with Crippen molar-refractivity contribution in [1.29, 1.82) is 0 Å². The number of amides is 2. The Balaban J connectivity index is 3.11. The van der Waals surface area contributed by atoms with Gasteiger partial charge in [-0.25, -0.2) is 4.79 Å². The third-order valence-corrected chi connectivity index (χ3v) is 4.74. The summed E-state index contributed by atoms with van der Waals surface area (Å²) in [6.45, 7) is 12.7. The number of aromatic hydroxyl groups is 1. The molecule has 0 saturated heterocycles. The van der Waals surface area contributed by atoms with E-state index >= 15 is 0 Å². The molecule has 0 aliphatic carbocycles. The highest BCUT2D eigenvalue weighted by Crippen LogP contribution is 2.38. The predicted molar refractivity (Wildman–Crippen MR) is 121 cm³/mol. The van der Waals surface area contributed by atoms with E-state index in [2.05, 4.69) is 26.6 Å². The zero-order valence-electron chi connectivity index (χ0n) is 19.2. The molecule has 1 aromatic carbocycles. The lowest BCUT2D eigenvalue weighted by Gasteiger charge is -2.25. The molecule has 0 spiro atoms. The maximum atomic E-state index is 12.5. The normalized spacial score (nSPS) is 12.6. The highest BCUT2D eigenvalue weighted by molar-refractivity contribution is 9.10. The van der Waals surface area contributed by atoms with Gasteiger partial charge in [-0.1, -0.05) is 20.8 Å². The quantitative estimate of drug-likeness (QED) is 0.485. The minimum Gasteiger partial charge on any atom is -0.506 e. The molecule has 2 amide bonds. The summed E-state index contributed by atoms with van der Waals surface area (Å²) >= 11 is 3.35.